The molecule has 0 aliphatic carbocycles. The lowest BCUT2D eigenvalue weighted by Crippen LogP contribution is -2.28. The second-order valence-corrected chi connectivity index (χ2v) is 5.61. The van der Waals surface area contributed by atoms with E-state index in [0.29, 0.717) is 22.8 Å². The summed E-state index contributed by atoms with van der Waals surface area (Å²) in [5.74, 6) is 0.845. The van der Waals surface area contributed by atoms with Gasteiger partial charge in [-0.25, -0.2) is 0 Å². The van der Waals surface area contributed by atoms with Gasteiger partial charge in [-0.3, -0.25) is 4.79 Å². The Morgan fingerprint density at radius 3 is 2.60 bits per heavy atom. The number of amides is 1. The molecular weight excluding hydrogens is 320 g/mol. The van der Waals surface area contributed by atoms with Crippen LogP contribution in [0.2, 0.25) is 0 Å². The van der Waals surface area contributed by atoms with Gasteiger partial charge in [0.15, 0.2) is 11.5 Å². The third-order valence-corrected chi connectivity index (χ3v) is 4.02. The maximum Gasteiger partial charge on any atom is 0.267 e. The molecule has 0 bridgehead atoms. The van der Waals surface area contributed by atoms with Crippen LogP contribution in [0.15, 0.2) is 48.5 Å². The van der Waals surface area contributed by atoms with Crippen LogP contribution in [-0.2, 0) is 0 Å². The van der Waals surface area contributed by atoms with Gasteiger partial charge in [0.25, 0.3) is 5.91 Å². The van der Waals surface area contributed by atoms with Crippen molar-refractivity contribution in [2.24, 2.45) is 0 Å². The summed E-state index contributed by atoms with van der Waals surface area (Å²) in [5.41, 5.74) is 1.99. The van der Waals surface area contributed by atoms with Crippen molar-refractivity contribution >= 4 is 16.8 Å². The third-order valence-electron chi connectivity index (χ3n) is 4.02. The maximum atomic E-state index is 12.3. The SMILES string of the molecule is COc1ccc(C(O)CNC(=O)c2cc3ccccc3[nH]2)cc1OC. The van der Waals surface area contributed by atoms with Crippen LogP contribution in [0, 0.1) is 0 Å². The number of methoxy groups -OCH3 is 2. The Hall–Kier alpha value is -2.99. The molecule has 3 N–H and O–H groups in total. The van der Waals surface area contributed by atoms with Crippen molar-refractivity contribution < 1.29 is 19.4 Å². The predicted molar refractivity (Wildman–Crippen MR) is 95.1 cm³/mol. The van der Waals surface area contributed by atoms with Crippen LogP contribution in [0.1, 0.15) is 22.2 Å². The van der Waals surface area contributed by atoms with Crippen LogP contribution in [0.3, 0.4) is 0 Å². The van der Waals surface area contributed by atoms with Crippen LogP contribution in [0.25, 0.3) is 10.9 Å². The number of carbonyl (C=O) groups is 1. The Kier molecular flexibility index (Phi) is 4.90. The molecular formula is C19H20N2O4. The van der Waals surface area contributed by atoms with Gasteiger partial charge in [0.1, 0.15) is 5.69 Å². The first kappa shape index (κ1) is 16.9. The number of rotatable bonds is 6. The van der Waals surface area contributed by atoms with Crippen molar-refractivity contribution in [3.63, 3.8) is 0 Å². The molecule has 0 aliphatic rings. The minimum absolute atomic E-state index is 0.0870. The van der Waals surface area contributed by atoms with E-state index in [1.807, 2.05) is 24.3 Å². The minimum atomic E-state index is -0.854. The number of fused-ring (bicyclic) bond motifs is 1. The van der Waals surface area contributed by atoms with Gasteiger partial charge >= 0.3 is 0 Å². The number of H-pyrrole nitrogens is 1. The highest BCUT2D eigenvalue weighted by Gasteiger charge is 2.14. The zero-order valence-electron chi connectivity index (χ0n) is 14.1. The molecule has 1 atom stereocenters. The average Bonchev–Trinajstić information content (AvgIpc) is 3.09. The van der Waals surface area contributed by atoms with E-state index in [1.165, 1.54) is 7.11 Å². The summed E-state index contributed by atoms with van der Waals surface area (Å²) in [6.07, 6.45) is -0.854. The van der Waals surface area contributed by atoms with Crippen LogP contribution in [-0.4, -0.2) is 36.8 Å². The zero-order valence-corrected chi connectivity index (χ0v) is 14.1. The molecule has 6 heteroatoms. The summed E-state index contributed by atoms with van der Waals surface area (Å²) in [7, 11) is 3.08. The van der Waals surface area contributed by atoms with Crippen LogP contribution in [0.4, 0.5) is 0 Å². The van der Waals surface area contributed by atoms with Gasteiger partial charge in [-0.15, -0.1) is 0 Å². The molecule has 3 rings (SSSR count). The van der Waals surface area contributed by atoms with E-state index < -0.39 is 6.10 Å². The lowest BCUT2D eigenvalue weighted by Gasteiger charge is -2.14. The van der Waals surface area contributed by atoms with E-state index in [2.05, 4.69) is 10.3 Å². The second-order valence-electron chi connectivity index (χ2n) is 5.61. The molecule has 3 aromatic rings. The van der Waals surface area contributed by atoms with Gasteiger partial charge in [0, 0.05) is 17.4 Å². The number of hydrogen-bond donors (Lipinski definition) is 3. The first-order chi connectivity index (χ1) is 12.1. The number of para-hydroxylation sites is 1. The largest absolute Gasteiger partial charge is 0.493 e. The lowest BCUT2D eigenvalue weighted by molar-refractivity contribution is 0.0912. The molecule has 0 spiro atoms. The summed E-state index contributed by atoms with van der Waals surface area (Å²) in [6.45, 7) is 0.0870. The summed E-state index contributed by atoms with van der Waals surface area (Å²) in [5, 5.41) is 14.0. The topological polar surface area (TPSA) is 83.6 Å². The normalized spacial score (nSPS) is 12.0. The van der Waals surface area contributed by atoms with Crippen molar-refractivity contribution in [3.8, 4) is 11.5 Å². The molecule has 0 radical (unpaired) electrons. The Balaban J connectivity index is 1.67. The molecule has 1 unspecified atom stereocenters. The van der Waals surface area contributed by atoms with Crippen molar-refractivity contribution in [1.82, 2.24) is 10.3 Å². The number of carbonyl (C=O) groups excluding carboxylic acids is 1. The van der Waals surface area contributed by atoms with E-state index in [-0.39, 0.29) is 12.5 Å². The van der Waals surface area contributed by atoms with E-state index in [1.54, 1.807) is 31.4 Å². The first-order valence-electron chi connectivity index (χ1n) is 7.88. The second kappa shape index (κ2) is 7.27. The Morgan fingerprint density at radius 2 is 1.88 bits per heavy atom. The first-order valence-corrected chi connectivity index (χ1v) is 7.88. The molecule has 1 heterocycles. The number of aliphatic hydroxyl groups is 1. The number of aromatic nitrogens is 1. The van der Waals surface area contributed by atoms with E-state index in [0.717, 1.165) is 10.9 Å². The standard InChI is InChI=1S/C19H20N2O4/c1-24-17-8-7-13(10-18(17)25-2)16(22)11-20-19(23)15-9-12-5-3-4-6-14(12)21-15/h3-10,16,21-22H,11H2,1-2H3,(H,20,23). The fourth-order valence-corrected chi connectivity index (χ4v) is 2.66. The van der Waals surface area contributed by atoms with Crippen molar-refractivity contribution in [1.29, 1.82) is 0 Å². The van der Waals surface area contributed by atoms with Gasteiger partial charge in [-0.2, -0.15) is 0 Å². The van der Waals surface area contributed by atoms with E-state index in [4.69, 9.17) is 9.47 Å². The Labute approximate surface area is 145 Å². The molecule has 1 amide bonds. The molecule has 1 aromatic heterocycles. The number of benzene rings is 2. The average molecular weight is 340 g/mol. The lowest BCUT2D eigenvalue weighted by atomic mass is 10.1. The van der Waals surface area contributed by atoms with Gasteiger partial charge in [0.05, 0.1) is 20.3 Å². The van der Waals surface area contributed by atoms with E-state index in [9.17, 15) is 9.90 Å². The molecule has 0 aliphatic heterocycles. The third kappa shape index (κ3) is 3.59. The number of aliphatic hydroxyl groups excluding tert-OH is 1. The Bertz CT molecular complexity index is 855. The number of aromatic amines is 1. The van der Waals surface area contributed by atoms with Gasteiger partial charge in [-0.05, 0) is 29.8 Å². The van der Waals surface area contributed by atoms with Gasteiger partial charge in [0.2, 0.25) is 0 Å². The fraction of sp³-hybridized carbons (Fsp3) is 0.211. The van der Waals surface area contributed by atoms with Crippen LogP contribution < -0.4 is 14.8 Å². The highest BCUT2D eigenvalue weighted by atomic mass is 16.5. The molecule has 25 heavy (non-hydrogen) atoms. The number of ether oxygens (including phenoxy) is 2. The van der Waals surface area contributed by atoms with Gasteiger partial charge < -0.3 is 24.9 Å². The highest BCUT2D eigenvalue weighted by molar-refractivity contribution is 5.97. The molecule has 0 saturated heterocycles. The van der Waals surface area contributed by atoms with Crippen molar-refractivity contribution in [2.45, 2.75) is 6.10 Å². The molecule has 2 aromatic carbocycles. The quantitative estimate of drug-likeness (QED) is 0.644. The maximum absolute atomic E-state index is 12.3. The molecule has 6 nitrogen and oxygen atoms in total. The number of hydrogen-bond acceptors (Lipinski definition) is 4. The predicted octanol–water partition coefficient (Wildman–Crippen LogP) is 2.65. The monoisotopic (exact) mass is 340 g/mol. The number of nitrogens with one attached hydrogen (secondary N) is 2. The summed E-state index contributed by atoms with van der Waals surface area (Å²) < 4.78 is 10.4. The summed E-state index contributed by atoms with van der Waals surface area (Å²) >= 11 is 0. The van der Waals surface area contributed by atoms with Crippen molar-refractivity contribution in [3.05, 3.63) is 59.8 Å². The zero-order chi connectivity index (χ0) is 17.8. The smallest absolute Gasteiger partial charge is 0.267 e. The van der Waals surface area contributed by atoms with Crippen LogP contribution >= 0.6 is 0 Å². The molecule has 130 valence electrons. The summed E-state index contributed by atoms with van der Waals surface area (Å²) in [4.78, 5) is 15.3. The molecule has 0 saturated carbocycles. The van der Waals surface area contributed by atoms with Crippen molar-refractivity contribution in [2.75, 3.05) is 20.8 Å². The minimum Gasteiger partial charge on any atom is -0.493 e. The van der Waals surface area contributed by atoms with E-state index >= 15 is 0 Å². The molecule has 0 fully saturated rings. The summed E-state index contributed by atoms with van der Waals surface area (Å²) in [6, 6.07) is 14.6. The fourth-order valence-electron chi connectivity index (χ4n) is 2.66. The van der Waals surface area contributed by atoms with Gasteiger partial charge in [-0.1, -0.05) is 24.3 Å². The van der Waals surface area contributed by atoms with Crippen LogP contribution in [0.5, 0.6) is 11.5 Å². The Morgan fingerprint density at radius 1 is 1.12 bits per heavy atom. The highest BCUT2D eigenvalue weighted by Crippen LogP contribution is 2.29.